The average Bonchev–Trinajstić information content (AvgIpc) is 2.67. The first-order chi connectivity index (χ1) is 14.2. The molecule has 0 spiro atoms. The molecule has 0 amide bonds. The van der Waals surface area contributed by atoms with Crippen molar-refractivity contribution in [3.63, 3.8) is 0 Å². The first-order valence-corrected chi connectivity index (χ1v) is 8.21. The fraction of sp³-hybridized carbons (Fsp3) is 0.600. The maximum absolute atomic E-state index is 12.0. The van der Waals surface area contributed by atoms with Crippen LogP contribution in [0.3, 0.4) is 0 Å². The van der Waals surface area contributed by atoms with Crippen LogP contribution < -0.4 is 0 Å². The van der Waals surface area contributed by atoms with Crippen molar-refractivity contribution in [1.82, 2.24) is 0 Å². The molecule has 0 aliphatic carbocycles. The maximum Gasteiger partial charge on any atom is 0.387 e. The third-order valence-electron chi connectivity index (χ3n) is 2.91. The predicted molar refractivity (Wildman–Crippen MR) is 85.8 cm³/mol. The SMILES string of the molecule is CC(O)C(=O)OOC(=O)CC(O)(CC(=O)OOC(=O)C(C)O)C(=O)OOC(=O)C(C)O. The molecule has 16 heteroatoms. The summed E-state index contributed by atoms with van der Waals surface area (Å²) in [4.78, 5) is 92.2. The quantitative estimate of drug-likeness (QED) is 0.206. The van der Waals surface area contributed by atoms with Crippen molar-refractivity contribution in [3.05, 3.63) is 0 Å². The van der Waals surface area contributed by atoms with Crippen molar-refractivity contribution in [2.75, 3.05) is 0 Å². The van der Waals surface area contributed by atoms with E-state index >= 15 is 0 Å². The summed E-state index contributed by atoms with van der Waals surface area (Å²) in [5.41, 5.74) is -3.19. The molecule has 0 rings (SSSR count). The zero-order valence-corrected chi connectivity index (χ0v) is 16.3. The minimum Gasteiger partial charge on any atom is -0.382 e. The number of aliphatic hydroxyl groups excluding tert-OH is 3. The molecule has 0 heterocycles. The Morgan fingerprint density at radius 3 is 1.19 bits per heavy atom. The van der Waals surface area contributed by atoms with Crippen LogP contribution in [0.15, 0.2) is 0 Å². The lowest BCUT2D eigenvalue weighted by molar-refractivity contribution is -0.283. The predicted octanol–water partition coefficient (Wildman–Crippen LogP) is -3.36. The highest BCUT2D eigenvalue weighted by Crippen LogP contribution is 2.20. The third-order valence-corrected chi connectivity index (χ3v) is 2.91. The number of carbonyl (C=O) groups is 6. The Morgan fingerprint density at radius 2 is 0.903 bits per heavy atom. The lowest BCUT2D eigenvalue weighted by Gasteiger charge is -2.22. The van der Waals surface area contributed by atoms with Gasteiger partial charge in [-0.15, -0.1) is 0 Å². The highest BCUT2D eigenvalue weighted by Gasteiger charge is 2.46. The van der Waals surface area contributed by atoms with Crippen LogP contribution in [-0.2, 0) is 58.1 Å². The van der Waals surface area contributed by atoms with E-state index in [1.165, 1.54) is 0 Å². The van der Waals surface area contributed by atoms with Gasteiger partial charge in [-0.2, -0.15) is 0 Å². The van der Waals surface area contributed by atoms with E-state index in [4.69, 9.17) is 15.3 Å². The molecule has 31 heavy (non-hydrogen) atoms. The smallest absolute Gasteiger partial charge is 0.382 e. The van der Waals surface area contributed by atoms with Crippen molar-refractivity contribution >= 4 is 35.8 Å². The van der Waals surface area contributed by atoms with Crippen LogP contribution in [0.1, 0.15) is 33.6 Å². The molecule has 176 valence electrons. The van der Waals surface area contributed by atoms with Gasteiger partial charge in [-0.3, -0.25) is 0 Å². The van der Waals surface area contributed by atoms with Crippen molar-refractivity contribution in [2.24, 2.45) is 0 Å². The van der Waals surface area contributed by atoms with Crippen LogP contribution in [0.25, 0.3) is 0 Å². The first-order valence-electron chi connectivity index (χ1n) is 8.21. The normalized spacial score (nSPS) is 15.2. The Morgan fingerprint density at radius 1 is 0.613 bits per heavy atom. The molecule has 3 atom stereocenters. The molecule has 0 radical (unpaired) electrons. The van der Waals surface area contributed by atoms with E-state index in [1.807, 2.05) is 0 Å². The Bertz CT molecular complexity index is 655. The van der Waals surface area contributed by atoms with Gasteiger partial charge >= 0.3 is 35.8 Å². The Hall–Kier alpha value is -3.34. The monoisotopic (exact) mass is 456 g/mol. The molecule has 0 aliphatic rings. The number of aliphatic hydroxyl groups is 4. The van der Waals surface area contributed by atoms with E-state index in [1.54, 1.807) is 0 Å². The van der Waals surface area contributed by atoms with Crippen molar-refractivity contribution in [1.29, 1.82) is 0 Å². The van der Waals surface area contributed by atoms with E-state index in [2.05, 4.69) is 29.3 Å². The molecule has 0 aromatic rings. The van der Waals surface area contributed by atoms with Crippen molar-refractivity contribution < 1.29 is 78.5 Å². The minimum absolute atomic E-state index is 0.935. The highest BCUT2D eigenvalue weighted by molar-refractivity contribution is 5.90. The summed E-state index contributed by atoms with van der Waals surface area (Å²) in [6.07, 6.45) is -8.09. The van der Waals surface area contributed by atoms with E-state index < -0.39 is 72.6 Å². The van der Waals surface area contributed by atoms with Gasteiger partial charge in [0, 0.05) is 0 Å². The molecule has 0 aliphatic heterocycles. The number of rotatable bonds is 8. The molecule has 0 aromatic heterocycles. The maximum atomic E-state index is 12.0. The van der Waals surface area contributed by atoms with Gasteiger partial charge in [0.2, 0.25) is 0 Å². The number of hydrogen-bond donors (Lipinski definition) is 4. The summed E-state index contributed by atoms with van der Waals surface area (Å²) in [5, 5.41) is 37.1. The van der Waals surface area contributed by atoms with Gasteiger partial charge in [-0.1, -0.05) is 0 Å². The van der Waals surface area contributed by atoms with Crippen LogP contribution in [-0.4, -0.2) is 80.2 Å². The third kappa shape index (κ3) is 10.3. The molecule has 16 nitrogen and oxygen atoms in total. The molecular formula is C15H20O16. The average molecular weight is 456 g/mol. The van der Waals surface area contributed by atoms with Gasteiger partial charge in [0.05, 0.1) is 12.8 Å². The second kappa shape index (κ2) is 12.4. The number of hydrogen-bond acceptors (Lipinski definition) is 16. The van der Waals surface area contributed by atoms with Gasteiger partial charge in [0.25, 0.3) is 0 Å². The molecule has 0 fully saturated rings. The van der Waals surface area contributed by atoms with Gasteiger partial charge in [-0.05, 0) is 20.8 Å². The van der Waals surface area contributed by atoms with Crippen LogP contribution >= 0.6 is 0 Å². The van der Waals surface area contributed by atoms with Crippen molar-refractivity contribution in [2.45, 2.75) is 57.5 Å². The Kier molecular flexibility index (Phi) is 11.0. The summed E-state index contributed by atoms with van der Waals surface area (Å²) in [6, 6.07) is 0. The van der Waals surface area contributed by atoms with Crippen molar-refractivity contribution in [3.8, 4) is 0 Å². The van der Waals surface area contributed by atoms with E-state index in [0.717, 1.165) is 20.8 Å². The molecule has 0 saturated heterocycles. The summed E-state index contributed by atoms with van der Waals surface area (Å²) in [7, 11) is 0. The lowest BCUT2D eigenvalue weighted by atomic mass is 9.96. The van der Waals surface area contributed by atoms with E-state index in [-0.39, 0.29) is 0 Å². The van der Waals surface area contributed by atoms with Crippen LogP contribution in [0.4, 0.5) is 0 Å². The summed E-state index contributed by atoms with van der Waals surface area (Å²) in [5.74, 6) is -9.57. The standard InChI is InChI=1S/C15H20O16/c1-6(16)11(21)28-26-9(19)4-15(25,14(24)31-30-13(23)8(3)18)5-10(20)27-29-12(22)7(2)17/h6-8,16-18,25H,4-5H2,1-3H3. The topological polar surface area (TPSA) is 239 Å². The van der Waals surface area contributed by atoms with Crippen LogP contribution in [0.2, 0.25) is 0 Å². The summed E-state index contributed by atoms with van der Waals surface area (Å²) < 4.78 is 0. The Balaban J connectivity index is 5.25. The summed E-state index contributed by atoms with van der Waals surface area (Å²) >= 11 is 0. The van der Waals surface area contributed by atoms with Crippen LogP contribution in [0, 0.1) is 0 Å². The lowest BCUT2D eigenvalue weighted by Crippen LogP contribution is -2.45. The largest absolute Gasteiger partial charge is 0.387 e. The van der Waals surface area contributed by atoms with Gasteiger partial charge in [-0.25, -0.2) is 58.1 Å². The zero-order chi connectivity index (χ0) is 24.4. The summed E-state index contributed by atoms with van der Waals surface area (Å²) in [6.45, 7) is 2.86. The molecular weight excluding hydrogens is 436 g/mol. The van der Waals surface area contributed by atoms with Gasteiger partial charge in [0.15, 0.2) is 23.9 Å². The van der Waals surface area contributed by atoms with E-state index in [9.17, 15) is 33.9 Å². The zero-order valence-electron chi connectivity index (χ0n) is 16.3. The Labute approximate surface area is 172 Å². The molecule has 0 bridgehead atoms. The van der Waals surface area contributed by atoms with Crippen LogP contribution in [0.5, 0.6) is 0 Å². The van der Waals surface area contributed by atoms with Gasteiger partial charge in [0.1, 0.15) is 0 Å². The van der Waals surface area contributed by atoms with E-state index in [0.29, 0.717) is 0 Å². The molecule has 0 aromatic carbocycles. The molecule has 0 saturated carbocycles. The minimum atomic E-state index is -3.19. The second-order valence-electron chi connectivity index (χ2n) is 5.90. The fourth-order valence-corrected chi connectivity index (χ4v) is 1.28. The highest BCUT2D eigenvalue weighted by atomic mass is 17.2. The molecule has 3 unspecified atom stereocenters. The molecule has 4 N–H and O–H groups in total. The number of carbonyl (C=O) groups excluding carboxylic acids is 6. The second-order valence-corrected chi connectivity index (χ2v) is 5.90. The van der Waals surface area contributed by atoms with Gasteiger partial charge < -0.3 is 20.4 Å². The first kappa shape index (κ1) is 27.7. The fourth-order valence-electron chi connectivity index (χ4n) is 1.28.